The summed E-state index contributed by atoms with van der Waals surface area (Å²) in [7, 11) is 0. The number of aryl methyl sites for hydroxylation is 1. The fourth-order valence-electron chi connectivity index (χ4n) is 5.21. The molecule has 2 bridgehead atoms. The molecule has 1 heterocycles. The van der Waals surface area contributed by atoms with Gasteiger partial charge in [-0.1, -0.05) is 29.8 Å². The maximum Gasteiger partial charge on any atom is 0.408 e. The summed E-state index contributed by atoms with van der Waals surface area (Å²) in [6, 6.07) is 8.70. The first kappa shape index (κ1) is 18.3. The van der Waals surface area contributed by atoms with Gasteiger partial charge in [-0.3, -0.25) is 4.79 Å². The van der Waals surface area contributed by atoms with Crippen molar-refractivity contribution in [1.29, 1.82) is 0 Å². The van der Waals surface area contributed by atoms with Gasteiger partial charge in [0.15, 0.2) is 0 Å². The van der Waals surface area contributed by atoms with Crippen molar-refractivity contribution in [3.8, 4) is 0 Å². The number of hydrogen-bond acceptors (Lipinski definition) is 3. The number of rotatable bonds is 3. The van der Waals surface area contributed by atoms with Crippen LogP contribution in [0.2, 0.25) is 0 Å². The second kappa shape index (κ2) is 5.98. The van der Waals surface area contributed by atoms with Crippen molar-refractivity contribution in [2.24, 2.45) is 5.41 Å². The molecule has 5 heteroatoms. The number of amides is 2. The Balaban J connectivity index is 1.39. The van der Waals surface area contributed by atoms with Gasteiger partial charge in [0.2, 0.25) is 5.91 Å². The van der Waals surface area contributed by atoms with Gasteiger partial charge in [-0.2, -0.15) is 0 Å². The maximum absolute atomic E-state index is 13.3. The Hall–Kier alpha value is -2.04. The largest absolute Gasteiger partial charge is 0.444 e. The monoisotopic (exact) mass is 370 g/mol. The highest BCUT2D eigenvalue weighted by Gasteiger charge is 2.73. The van der Waals surface area contributed by atoms with Crippen molar-refractivity contribution in [3.05, 3.63) is 35.4 Å². The fraction of sp³-hybridized carbons (Fsp3) is 0.636. The zero-order valence-corrected chi connectivity index (χ0v) is 16.8. The molecule has 0 aromatic heterocycles. The Kier molecular flexibility index (Phi) is 4.06. The van der Waals surface area contributed by atoms with E-state index in [1.54, 1.807) is 0 Å². The highest BCUT2D eigenvalue weighted by atomic mass is 16.6. The lowest BCUT2D eigenvalue weighted by Crippen LogP contribution is -2.78. The van der Waals surface area contributed by atoms with Crippen LogP contribution >= 0.6 is 0 Å². The van der Waals surface area contributed by atoms with E-state index in [2.05, 4.69) is 41.4 Å². The Morgan fingerprint density at radius 3 is 2.56 bits per heavy atom. The van der Waals surface area contributed by atoms with Crippen LogP contribution in [-0.2, 0) is 9.53 Å². The molecule has 27 heavy (non-hydrogen) atoms. The van der Waals surface area contributed by atoms with E-state index in [0.29, 0.717) is 0 Å². The Morgan fingerprint density at radius 1 is 1.22 bits per heavy atom. The van der Waals surface area contributed by atoms with Crippen LogP contribution in [0, 0.1) is 12.3 Å². The normalized spacial score (nSPS) is 31.7. The second-order valence-electron chi connectivity index (χ2n) is 9.79. The van der Waals surface area contributed by atoms with E-state index in [-0.39, 0.29) is 29.0 Å². The molecule has 1 aromatic rings. The smallest absolute Gasteiger partial charge is 0.408 e. The molecular formula is C22H30N2O3. The summed E-state index contributed by atoms with van der Waals surface area (Å²) >= 11 is 0. The van der Waals surface area contributed by atoms with Crippen molar-refractivity contribution in [2.75, 3.05) is 6.54 Å². The third-order valence-electron chi connectivity index (χ3n) is 6.19. The predicted octanol–water partition coefficient (Wildman–Crippen LogP) is 4.11. The number of benzene rings is 1. The minimum atomic E-state index is -0.502. The standard InChI is InChI=1S/C22H30N2O3/c1-15-7-5-8-16(11-15)17-9-6-10-24(17)18(25)21-12-22(13-21,14-21)23-19(26)27-20(2,3)4/h5,7-8,11,17H,6,9-10,12-14H2,1-4H3,(H,23,26). The fourth-order valence-corrected chi connectivity index (χ4v) is 5.21. The number of nitrogens with one attached hydrogen (secondary N) is 1. The van der Waals surface area contributed by atoms with E-state index in [4.69, 9.17) is 4.74 Å². The Labute approximate surface area is 161 Å². The number of carbonyl (C=O) groups excluding carboxylic acids is 2. The molecule has 4 aliphatic rings. The highest BCUT2D eigenvalue weighted by molar-refractivity contribution is 5.88. The van der Waals surface area contributed by atoms with Crippen molar-refractivity contribution >= 4 is 12.0 Å². The third kappa shape index (κ3) is 3.21. The number of nitrogens with zero attached hydrogens (tertiary/aromatic N) is 1. The predicted molar refractivity (Wildman–Crippen MR) is 103 cm³/mol. The summed E-state index contributed by atoms with van der Waals surface area (Å²) in [5.41, 5.74) is 1.49. The molecular weight excluding hydrogens is 340 g/mol. The first-order valence-electron chi connectivity index (χ1n) is 10.0. The lowest BCUT2D eigenvalue weighted by atomic mass is 9.39. The van der Waals surface area contributed by atoms with Crippen molar-refractivity contribution in [3.63, 3.8) is 0 Å². The molecule has 4 fully saturated rings. The molecule has 1 aliphatic heterocycles. The van der Waals surface area contributed by atoms with Crippen LogP contribution < -0.4 is 5.32 Å². The molecule has 0 spiro atoms. The topological polar surface area (TPSA) is 58.6 Å². The summed E-state index contributed by atoms with van der Waals surface area (Å²) in [5, 5.41) is 3.00. The van der Waals surface area contributed by atoms with Gasteiger partial charge in [0.05, 0.1) is 11.5 Å². The average molecular weight is 370 g/mol. The van der Waals surface area contributed by atoms with Gasteiger partial charge in [0, 0.05) is 12.1 Å². The molecule has 1 aromatic carbocycles. The summed E-state index contributed by atoms with van der Waals surface area (Å²) < 4.78 is 5.37. The zero-order valence-electron chi connectivity index (χ0n) is 16.8. The van der Waals surface area contributed by atoms with E-state index in [0.717, 1.165) is 38.6 Å². The lowest BCUT2D eigenvalue weighted by molar-refractivity contribution is -0.191. The van der Waals surface area contributed by atoms with E-state index in [9.17, 15) is 9.59 Å². The van der Waals surface area contributed by atoms with E-state index >= 15 is 0 Å². The average Bonchev–Trinajstić information content (AvgIpc) is 2.96. The quantitative estimate of drug-likeness (QED) is 0.871. The maximum atomic E-state index is 13.3. The molecule has 1 unspecified atom stereocenters. The van der Waals surface area contributed by atoms with Gasteiger partial charge in [0.25, 0.3) is 0 Å². The van der Waals surface area contributed by atoms with Gasteiger partial charge < -0.3 is 15.0 Å². The van der Waals surface area contributed by atoms with Gasteiger partial charge in [-0.25, -0.2) is 4.79 Å². The Morgan fingerprint density at radius 2 is 1.93 bits per heavy atom. The summed E-state index contributed by atoms with van der Waals surface area (Å²) in [5.74, 6) is 0.277. The van der Waals surface area contributed by atoms with Crippen LogP contribution in [0.15, 0.2) is 24.3 Å². The van der Waals surface area contributed by atoms with Crippen LogP contribution in [0.25, 0.3) is 0 Å². The SMILES string of the molecule is Cc1cccc(C2CCCN2C(=O)C23CC(NC(=O)OC(C)(C)C)(C2)C3)c1. The zero-order chi connectivity index (χ0) is 19.4. The minimum Gasteiger partial charge on any atom is -0.444 e. The van der Waals surface area contributed by atoms with Crippen molar-refractivity contribution in [1.82, 2.24) is 10.2 Å². The molecule has 5 rings (SSSR count). The van der Waals surface area contributed by atoms with Crippen LogP contribution in [-0.4, -0.2) is 34.6 Å². The van der Waals surface area contributed by atoms with Gasteiger partial charge in [-0.15, -0.1) is 0 Å². The second-order valence-corrected chi connectivity index (χ2v) is 9.79. The molecule has 3 saturated carbocycles. The highest BCUT2D eigenvalue weighted by Crippen LogP contribution is 2.68. The molecule has 1 atom stereocenters. The molecule has 1 saturated heterocycles. The van der Waals surface area contributed by atoms with E-state index in [1.165, 1.54) is 11.1 Å². The number of hydrogen-bond donors (Lipinski definition) is 1. The van der Waals surface area contributed by atoms with Crippen LogP contribution in [0.3, 0.4) is 0 Å². The summed E-state index contributed by atoms with van der Waals surface area (Å²) in [6.07, 6.45) is 3.95. The van der Waals surface area contributed by atoms with Crippen LogP contribution in [0.5, 0.6) is 0 Å². The van der Waals surface area contributed by atoms with E-state index in [1.807, 2.05) is 20.8 Å². The first-order chi connectivity index (χ1) is 12.6. The van der Waals surface area contributed by atoms with E-state index < -0.39 is 5.60 Å². The van der Waals surface area contributed by atoms with Gasteiger partial charge >= 0.3 is 6.09 Å². The lowest BCUT2D eigenvalue weighted by Gasteiger charge is -2.69. The molecule has 1 N–H and O–H groups in total. The Bertz CT molecular complexity index is 760. The first-order valence-corrected chi connectivity index (χ1v) is 10.0. The molecule has 146 valence electrons. The molecule has 5 nitrogen and oxygen atoms in total. The summed E-state index contributed by atoms with van der Waals surface area (Å²) in [6.45, 7) is 8.51. The van der Waals surface area contributed by atoms with Crippen LogP contribution in [0.4, 0.5) is 4.79 Å². The molecule has 0 radical (unpaired) electrons. The number of ether oxygens (including phenoxy) is 1. The third-order valence-corrected chi connectivity index (χ3v) is 6.19. The van der Waals surface area contributed by atoms with Crippen molar-refractivity contribution < 1.29 is 14.3 Å². The van der Waals surface area contributed by atoms with Gasteiger partial charge in [-0.05, 0) is 65.4 Å². The number of carbonyl (C=O) groups is 2. The minimum absolute atomic E-state index is 0.196. The molecule has 3 aliphatic carbocycles. The number of likely N-dealkylation sites (tertiary alicyclic amines) is 1. The van der Waals surface area contributed by atoms with Gasteiger partial charge in [0.1, 0.15) is 5.60 Å². The van der Waals surface area contributed by atoms with Crippen molar-refractivity contribution in [2.45, 2.75) is 77.0 Å². The van der Waals surface area contributed by atoms with Crippen LogP contribution in [0.1, 0.15) is 70.0 Å². The summed E-state index contributed by atoms with van der Waals surface area (Å²) in [4.78, 5) is 27.4. The molecule has 2 amide bonds. The number of alkyl carbamates (subject to hydrolysis) is 1.